The van der Waals surface area contributed by atoms with Gasteiger partial charge in [-0.25, -0.2) is 9.59 Å². The van der Waals surface area contributed by atoms with E-state index in [2.05, 4.69) is 15.4 Å². The van der Waals surface area contributed by atoms with Crippen LogP contribution in [0.5, 0.6) is 5.75 Å². The maximum atomic E-state index is 12.9. The fraction of sp³-hybridized carbons (Fsp3) is 0.345. The second-order valence-electron chi connectivity index (χ2n) is 10.2. The number of carboxylic acids is 1. The average molecular weight is 645 g/mol. The van der Waals surface area contributed by atoms with Crippen molar-refractivity contribution >= 4 is 18.0 Å². The molecule has 0 unspecified atom stereocenters. The van der Waals surface area contributed by atoms with Crippen molar-refractivity contribution in [2.45, 2.75) is 38.0 Å². The Bertz CT molecular complexity index is 1500. The molecule has 3 aromatic rings. The van der Waals surface area contributed by atoms with Gasteiger partial charge in [0.05, 0.1) is 11.7 Å². The topological polar surface area (TPSA) is 133 Å². The van der Waals surface area contributed by atoms with E-state index in [9.17, 15) is 35.9 Å². The summed E-state index contributed by atoms with van der Waals surface area (Å²) in [5.74, 6) is -3.40. The molecule has 0 aliphatic carbocycles. The van der Waals surface area contributed by atoms with E-state index in [1.165, 1.54) is 18.2 Å². The Morgan fingerprint density at radius 1 is 1.02 bits per heavy atom. The number of carbonyl (C=O) groups excluding carboxylic acids is 1. The normalized spacial score (nSPS) is 14.6. The Morgan fingerprint density at radius 3 is 2.22 bits per heavy atom. The smallest absolute Gasteiger partial charge is 0.475 e. The molecule has 0 fully saturated rings. The van der Waals surface area contributed by atoms with E-state index in [0.29, 0.717) is 41.9 Å². The number of aromatic nitrogens is 1. The number of alkyl halides is 6. The van der Waals surface area contributed by atoms with Crippen molar-refractivity contribution in [2.24, 2.45) is 0 Å². The van der Waals surface area contributed by atoms with Crippen molar-refractivity contribution in [1.82, 2.24) is 20.1 Å². The third-order valence-corrected chi connectivity index (χ3v) is 6.47. The zero-order valence-electron chi connectivity index (χ0n) is 24.0. The highest BCUT2D eigenvalue weighted by molar-refractivity contribution is 5.98. The van der Waals surface area contributed by atoms with Crippen molar-refractivity contribution in [2.75, 3.05) is 27.2 Å². The molecule has 10 nitrogen and oxygen atoms in total. The summed E-state index contributed by atoms with van der Waals surface area (Å²) in [5.41, 5.74) is 4.04. The van der Waals surface area contributed by atoms with E-state index in [4.69, 9.17) is 15.0 Å². The third kappa shape index (κ3) is 9.89. The molecule has 1 aliphatic rings. The molecule has 4 rings (SSSR count). The number of carbonyl (C=O) groups is 3. The SMILES string of the molecule is CN(C)Cc1ccc(-c2c(-c3cccc(OC(F)(F)F)c3)cc3n2[C@@H](CCCNC(=O)O)CNC3=O)cc1.O=C(O)C(F)(F)F. The molecule has 16 heteroatoms. The van der Waals surface area contributed by atoms with E-state index in [1.54, 1.807) is 12.1 Å². The van der Waals surface area contributed by atoms with Gasteiger partial charge in [-0.2, -0.15) is 13.2 Å². The first-order valence-corrected chi connectivity index (χ1v) is 13.4. The number of aliphatic carboxylic acids is 1. The molecular formula is C29H30F6N4O6. The van der Waals surface area contributed by atoms with Crippen molar-refractivity contribution in [3.05, 3.63) is 65.9 Å². The molecule has 244 valence electrons. The Kier molecular flexibility index (Phi) is 11.1. The molecule has 4 N–H and O–H groups in total. The number of fused-ring (bicyclic) bond motifs is 1. The zero-order chi connectivity index (χ0) is 33.5. The summed E-state index contributed by atoms with van der Waals surface area (Å²) in [6.45, 7) is 1.34. The van der Waals surface area contributed by atoms with Crippen LogP contribution in [0, 0.1) is 0 Å². The highest BCUT2D eigenvalue weighted by Crippen LogP contribution is 2.41. The molecule has 45 heavy (non-hydrogen) atoms. The van der Waals surface area contributed by atoms with Crippen molar-refractivity contribution in [3.8, 4) is 28.1 Å². The van der Waals surface area contributed by atoms with Gasteiger partial charge in [0.1, 0.15) is 11.4 Å². The van der Waals surface area contributed by atoms with Crippen molar-refractivity contribution in [1.29, 1.82) is 0 Å². The lowest BCUT2D eigenvalue weighted by Gasteiger charge is -2.29. The average Bonchev–Trinajstić information content (AvgIpc) is 3.33. The van der Waals surface area contributed by atoms with Crippen LogP contribution in [0.25, 0.3) is 22.4 Å². The van der Waals surface area contributed by atoms with Crippen LogP contribution in [0.1, 0.15) is 34.9 Å². The van der Waals surface area contributed by atoms with Gasteiger partial charge in [0.15, 0.2) is 0 Å². The maximum absolute atomic E-state index is 12.9. The molecule has 1 aliphatic heterocycles. The third-order valence-electron chi connectivity index (χ3n) is 6.47. The molecule has 0 radical (unpaired) electrons. The predicted molar refractivity (Wildman–Crippen MR) is 150 cm³/mol. The number of hydrogen-bond acceptors (Lipinski definition) is 5. The number of amides is 2. The fourth-order valence-electron chi connectivity index (χ4n) is 4.74. The molecule has 0 saturated heterocycles. The van der Waals surface area contributed by atoms with Gasteiger partial charge in [0, 0.05) is 25.2 Å². The van der Waals surface area contributed by atoms with Crippen LogP contribution in [-0.4, -0.2) is 77.4 Å². The van der Waals surface area contributed by atoms with Crippen LogP contribution < -0.4 is 15.4 Å². The Balaban J connectivity index is 0.000000707. The number of nitrogens with one attached hydrogen (secondary N) is 2. The molecular weight excluding hydrogens is 614 g/mol. The standard InChI is InChI=1S/C27H29F3N4O4.C2HF3O2/c1-33(2)16-17-8-10-18(11-9-17)24-22(19-5-3-7-21(13-19)38-27(28,29)30)14-23-25(35)32-15-20(34(23)24)6-4-12-31-26(36)37;3-2(4,5)1(6)7/h3,5,7-11,13-14,20,31H,4,6,12,15-16H2,1-2H3,(H,32,35)(H,36,37);(H,6,7)/t20-;/m0./s1. The van der Waals surface area contributed by atoms with Crippen molar-refractivity contribution < 1.29 is 55.7 Å². The summed E-state index contributed by atoms with van der Waals surface area (Å²) in [4.78, 5) is 34.7. The molecule has 0 spiro atoms. The van der Waals surface area contributed by atoms with Crippen LogP contribution in [0.15, 0.2) is 54.6 Å². The highest BCUT2D eigenvalue weighted by Gasteiger charge is 2.38. The minimum absolute atomic E-state index is 0.182. The molecule has 2 aromatic carbocycles. The number of nitrogens with zero attached hydrogens (tertiary/aromatic N) is 2. The zero-order valence-corrected chi connectivity index (χ0v) is 24.0. The minimum atomic E-state index is -5.08. The van der Waals surface area contributed by atoms with Crippen LogP contribution in [0.4, 0.5) is 31.1 Å². The van der Waals surface area contributed by atoms with Gasteiger partial charge in [0.25, 0.3) is 5.91 Å². The van der Waals surface area contributed by atoms with Gasteiger partial charge in [-0.15, -0.1) is 13.2 Å². The number of benzene rings is 2. The van der Waals surface area contributed by atoms with Crippen LogP contribution in [0.3, 0.4) is 0 Å². The second kappa shape index (κ2) is 14.4. The molecule has 2 heterocycles. The van der Waals surface area contributed by atoms with Crippen LogP contribution in [0.2, 0.25) is 0 Å². The van der Waals surface area contributed by atoms with Gasteiger partial charge in [-0.3, -0.25) is 4.79 Å². The summed E-state index contributed by atoms with van der Waals surface area (Å²) in [7, 11) is 3.93. The van der Waals surface area contributed by atoms with Gasteiger partial charge < -0.3 is 35.1 Å². The van der Waals surface area contributed by atoms with E-state index < -0.39 is 24.6 Å². The number of ether oxygens (including phenoxy) is 1. The summed E-state index contributed by atoms with van der Waals surface area (Å²) < 4.78 is 76.5. The molecule has 1 atom stereocenters. The first kappa shape index (κ1) is 34.8. The number of carboxylic acid groups (broad SMARTS) is 2. The number of hydrogen-bond donors (Lipinski definition) is 4. The van der Waals surface area contributed by atoms with E-state index in [1.807, 2.05) is 47.8 Å². The summed E-state index contributed by atoms with van der Waals surface area (Å²) in [6.07, 6.45) is -9.91. The number of halogens is 6. The summed E-state index contributed by atoms with van der Waals surface area (Å²) in [6, 6.07) is 15.0. The van der Waals surface area contributed by atoms with Crippen molar-refractivity contribution in [3.63, 3.8) is 0 Å². The lowest BCUT2D eigenvalue weighted by atomic mass is 9.99. The van der Waals surface area contributed by atoms with E-state index in [0.717, 1.165) is 17.7 Å². The van der Waals surface area contributed by atoms with Gasteiger partial charge in [-0.05, 0) is 61.8 Å². The molecule has 2 amide bonds. The monoisotopic (exact) mass is 644 g/mol. The lowest BCUT2D eigenvalue weighted by molar-refractivity contribution is -0.274. The van der Waals surface area contributed by atoms with Crippen LogP contribution in [-0.2, 0) is 11.3 Å². The first-order chi connectivity index (χ1) is 21.0. The largest absolute Gasteiger partial charge is 0.573 e. The molecule has 0 bridgehead atoms. The predicted octanol–water partition coefficient (Wildman–Crippen LogP) is 5.75. The van der Waals surface area contributed by atoms with Gasteiger partial charge in [-0.1, -0.05) is 36.4 Å². The Morgan fingerprint density at radius 2 is 1.67 bits per heavy atom. The Labute approximate surface area is 253 Å². The van der Waals surface area contributed by atoms with Crippen LogP contribution >= 0.6 is 0 Å². The summed E-state index contributed by atoms with van der Waals surface area (Å²) in [5, 5.41) is 21.2. The fourth-order valence-corrected chi connectivity index (χ4v) is 4.74. The molecule has 0 saturated carbocycles. The quantitative estimate of drug-likeness (QED) is 0.172. The summed E-state index contributed by atoms with van der Waals surface area (Å²) >= 11 is 0. The lowest BCUT2D eigenvalue weighted by Crippen LogP contribution is -2.39. The highest BCUT2D eigenvalue weighted by atomic mass is 19.4. The van der Waals surface area contributed by atoms with E-state index in [-0.39, 0.29) is 24.2 Å². The Hall–Kier alpha value is -4.73. The minimum Gasteiger partial charge on any atom is -0.475 e. The van der Waals surface area contributed by atoms with Gasteiger partial charge >= 0.3 is 24.6 Å². The second-order valence-corrected chi connectivity index (χ2v) is 10.2. The van der Waals surface area contributed by atoms with E-state index >= 15 is 0 Å². The van der Waals surface area contributed by atoms with Gasteiger partial charge in [0.2, 0.25) is 0 Å². The first-order valence-electron chi connectivity index (χ1n) is 13.4. The maximum Gasteiger partial charge on any atom is 0.573 e. The number of rotatable bonds is 9. The molecule has 1 aromatic heterocycles.